The zero-order valence-electron chi connectivity index (χ0n) is 10.8. The van der Waals surface area contributed by atoms with Crippen LogP contribution in [0.25, 0.3) is 10.2 Å². The van der Waals surface area contributed by atoms with Gasteiger partial charge < -0.3 is 5.32 Å². The van der Waals surface area contributed by atoms with Crippen molar-refractivity contribution < 1.29 is 4.39 Å². The molecule has 2 nitrogen and oxygen atoms in total. The molecule has 1 N–H and O–H groups in total. The van der Waals surface area contributed by atoms with Gasteiger partial charge in [-0.1, -0.05) is 22.0 Å². The number of thiazole rings is 1. The first-order valence-electron chi connectivity index (χ1n) is 6.17. The lowest BCUT2D eigenvalue weighted by molar-refractivity contribution is 0.612. The van der Waals surface area contributed by atoms with Gasteiger partial charge in [0.25, 0.3) is 0 Å². The second kappa shape index (κ2) is 5.50. The van der Waals surface area contributed by atoms with E-state index in [2.05, 4.69) is 32.3 Å². The molecule has 0 aliphatic rings. The van der Waals surface area contributed by atoms with E-state index in [0.717, 1.165) is 25.4 Å². The number of rotatable bonds is 3. The van der Waals surface area contributed by atoms with Crippen LogP contribution in [0, 0.1) is 12.7 Å². The van der Waals surface area contributed by atoms with Crippen LogP contribution in [0.2, 0.25) is 0 Å². The van der Waals surface area contributed by atoms with Crippen molar-refractivity contribution in [1.29, 1.82) is 0 Å². The molecule has 0 aliphatic carbocycles. The molecule has 0 unspecified atom stereocenters. The SMILES string of the molecule is Cc1nc2ccc(NCc3ccc(Br)cc3F)cc2s1. The Kier molecular flexibility index (Phi) is 3.72. The van der Waals surface area contributed by atoms with Crippen molar-refractivity contribution in [1.82, 2.24) is 4.98 Å². The number of fused-ring (bicyclic) bond motifs is 1. The predicted octanol–water partition coefficient (Wildman–Crippen LogP) is 5.12. The summed E-state index contributed by atoms with van der Waals surface area (Å²) in [5, 5.41) is 4.30. The average molecular weight is 351 g/mol. The quantitative estimate of drug-likeness (QED) is 0.709. The van der Waals surface area contributed by atoms with E-state index >= 15 is 0 Å². The summed E-state index contributed by atoms with van der Waals surface area (Å²) < 4.78 is 15.6. The molecule has 3 aromatic rings. The second-order valence-corrected chi connectivity index (χ2v) is 6.66. The van der Waals surface area contributed by atoms with Crippen LogP contribution in [0.3, 0.4) is 0 Å². The van der Waals surface area contributed by atoms with E-state index in [0.29, 0.717) is 12.1 Å². The number of hydrogen-bond donors (Lipinski definition) is 1. The lowest BCUT2D eigenvalue weighted by Crippen LogP contribution is -2.01. The summed E-state index contributed by atoms with van der Waals surface area (Å²) in [6, 6.07) is 11.1. The minimum Gasteiger partial charge on any atom is -0.381 e. The molecule has 5 heteroatoms. The van der Waals surface area contributed by atoms with Gasteiger partial charge in [-0.2, -0.15) is 0 Å². The maximum absolute atomic E-state index is 13.7. The van der Waals surface area contributed by atoms with E-state index in [1.54, 1.807) is 17.4 Å². The first-order valence-corrected chi connectivity index (χ1v) is 7.78. The maximum atomic E-state index is 13.7. The highest BCUT2D eigenvalue weighted by Gasteiger charge is 2.04. The Bertz CT molecular complexity index is 770. The molecule has 0 spiro atoms. The standard InChI is InChI=1S/C15H12BrFN2S/c1-9-19-14-5-4-12(7-15(14)20-9)18-8-10-2-3-11(16)6-13(10)17/h2-7,18H,8H2,1H3. The fraction of sp³-hybridized carbons (Fsp3) is 0.133. The Labute approximate surface area is 128 Å². The van der Waals surface area contributed by atoms with Gasteiger partial charge in [0, 0.05) is 22.3 Å². The summed E-state index contributed by atoms with van der Waals surface area (Å²) >= 11 is 4.92. The van der Waals surface area contributed by atoms with Gasteiger partial charge in [-0.3, -0.25) is 0 Å². The Balaban J connectivity index is 1.79. The van der Waals surface area contributed by atoms with Gasteiger partial charge in [-0.05, 0) is 37.3 Å². The minimum atomic E-state index is -0.207. The number of aryl methyl sites for hydroxylation is 1. The third-order valence-corrected chi connectivity index (χ3v) is 4.42. The van der Waals surface area contributed by atoms with E-state index in [4.69, 9.17) is 0 Å². The fourth-order valence-electron chi connectivity index (χ4n) is 2.01. The number of hydrogen-bond acceptors (Lipinski definition) is 3. The minimum absolute atomic E-state index is 0.207. The van der Waals surface area contributed by atoms with E-state index < -0.39 is 0 Å². The van der Waals surface area contributed by atoms with Gasteiger partial charge in [0.2, 0.25) is 0 Å². The van der Waals surface area contributed by atoms with Crippen molar-refractivity contribution in [2.24, 2.45) is 0 Å². The highest BCUT2D eigenvalue weighted by atomic mass is 79.9. The molecule has 0 saturated heterocycles. The second-order valence-electron chi connectivity index (χ2n) is 4.50. The van der Waals surface area contributed by atoms with Gasteiger partial charge in [0.15, 0.2) is 0 Å². The Morgan fingerprint density at radius 2 is 2.10 bits per heavy atom. The summed E-state index contributed by atoms with van der Waals surface area (Å²) in [4.78, 5) is 4.42. The zero-order valence-corrected chi connectivity index (χ0v) is 13.2. The number of nitrogens with one attached hydrogen (secondary N) is 1. The van der Waals surface area contributed by atoms with Crippen molar-refractivity contribution in [3.8, 4) is 0 Å². The summed E-state index contributed by atoms with van der Waals surface area (Å²) in [6.07, 6.45) is 0. The molecule has 0 radical (unpaired) electrons. The van der Waals surface area contributed by atoms with Crippen LogP contribution in [0.1, 0.15) is 10.6 Å². The van der Waals surface area contributed by atoms with Crippen molar-refractivity contribution in [3.05, 3.63) is 57.3 Å². The molecule has 0 aliphatic heterocycles. The molecule has 0 bridgehead atoms. The molecule has 2 aromatic carbocycles. The molecular formula is C15H12BrFN2S. The summed E-state index contributed by atoms with van der Waals surface area (Å²) in [7, 11) is 0. The van der Waals surface area contributed by atoms with Gasteiger partial charge in [-0.25, -0.2) is 9.37 Å². The largest absolute Gasteiger partial charge is 0.381 e. The molecule has 0 atom stereocenters. The number of nitrogens with zero attached hydrogens (tertiary/aromatic N) is 1. The average Bonchev–Trinajstić information content (AvgIpc) is 2.77. The normalized spacial score (nSPS) is 10.9. The van der Waals surface area contributed by atoms with Crippen LogP contribution in [-0.2, 0) is 6.54 Å². The Morgan fingerprint density at radius 3 is 2.90 bits per heavy atom. The van der Waals surface area contributed by atoms with Crippen molar-refractivity contribution >= 4 is 43.2 Å². The lowest BCUT2D eigenvalue weighted by Gasteiger charge is -2.07. The molecule has 0 fully saturated rings. The first-order chi connectivity index (χ1) is 9.61. The Morgan fingerprint density at radius 1 is 1.25 bits per heavy atom. The van der Waals surface area contributed by atoms with Crippen LogP contribution in [0.15, 0.2) is 40.9 Å². The van der Waals surface area contributed by atoms with Crippen LogP contribution < -0.4 is 5.32 Å². The Hall–Kier alpha value is -1.46. The first kappa shape index (κ1) is 13.5. The highest BCUT2D eigenvalue weighted by Crippen LogP contribution is 2.25. The van der Waals surface area contributed by atoms with Crippen molar-refractivity contribution in [2.45, 2.75) is 13.5 Å². The van der Waals surface area contributed by atoms with Crippen LogP contribution in [0.4, 0.5) is 10.1 Å². The maximum Gasteiger partial charge on any atom is 0.129 e. The van der Waals surface area contributed by atoms with E-state index in [1.807, 2.05) is 25.1 Å². The monoisotopic (exact) mass is 350 g/mol. The molecule has 20 heavy (non-hydrogen) atoms. The molecule has 1 aromatic heterocycles. The van der Waals surface area contributed by atoms with Crippen molar-refractivity contribution in [3.63, 3.8) is 0 Å². The summed E-state index contributed by atoms with van der Waals surface area (Å²) in [5.41, 5.74) is 2.63. The molecule has 1 heterocycles. The molecule has 3 rings (SSSR count). The van der Waals surface area contributed by atoms with Gasteiger partial charge in [-0.15, -0.1) is 11.3 Å². The van der Waals surface area contributed by atoms with E-state index in [9.17, 15) is 4.39 Å². The van der Waals surface area contributed by atoms with Crippen LogP contribution in [0.5, 0.6) is 0 Å². The number of aromatic nitrogens is 1. The summed E-state index contributed by atoms with van der Waals surface area (Å²) in [6.45, 7) is 2.46. The summed E-state index contributed by atoms with van der Waals surface area (Å²) in [5.74, 6) is -0.207. The predicted molar refractivity (Wildman–Crippen MR) is 85.8 cm³/mol. The third-order valence-electron chi connectivity index (χ3n) is 2.99. The van der Waals surface area contributed by atoms with E-state index in [1.165, 1.54) is 6.07 Å². The van der Waals surface area contributed by atoms with Gasteiger partial charge in [0.1, 0.15) is 5.82 Å². The van der Waals surface area contributed by atoms with Crippen molar-refractivity contribution in [2.75, 3.05) is 5.32 Å². The molecule has 102 valence electrons. The fourth-order valence-corrected chi connectivity index (χ4v) is 3.21. The zero-order chi connectivity index (χ0) is 14.1. The molecule has 0 amide bonds. The number of anilines is 1. The smallest absolute Gasteiger partial charge is 0.129 e. The van der Waals surface area contributed by atoms with Gasteiger partial charge >= 0.3 is 0 Å². The topological polar surface area (TPSA) is 24.9 Å². The highest BCUT2D eigenvalue weighted by molar-refractivity contribution is 9.10. The third kappa shape index (κ3) is 2.83. The molecule has 0 saturated carbocycles. The van der Waals surface area contributed by atoms with Crippen LogP contribution in [-0.4, -0.2) is 4.98 Å². The number of benzene rings is 2. The lowest BCUT2D eigenvalue weighted by atomic mass is 10.2. The van der Waals surface area contributed by atoms with E-state index in [-0.39, 0.29) is 5.82 Å². The number of halogens is 2. The molecular weight excluding hydrogens is 339 g/mol. The van der Waals surface area contributed by atoms with Gasteiger partial charge in [0.05, 0.1) is 15.2 Å². The van der Waals surface area contributed by atoms with Crippen LogP contribution >= 0.6 is 27.3 Å².